The predicted octanol–water partition coefficient (Wildman–Crippen LogP) is 3.48. The van der Waals surface area contributed by atoms with Gasteiger partial charge in [-0.25, -0.2) is 9.37 Å². The van der Waals surface area contributed by atoms with E-state index in [1.54, 1.807) is 12.4 Å². The molecule has 5 nitrogen and oxygen atoms in total. The molecule has 1 N–H and O–H groups in total. The molecule has 0 saturated heterocycles. The van der Waals surface area contributed by atoms with Gasteiger partial charge in [0.25, 0.3) is 0 Å². The number of nitrogens with zero attached hydrogens (tertiary/aromatic N) is 4. The molecule has 1 aliphatic carbocycles. The second-order valence-electron chi connectivity index (χ2n) is 6.00. The molecular weight excluding hydrogens is 325 g/mol. The molecule has 0 unspecified atom stereocenters. The summed E-state index contributed by atoms with van der Waals surface area (Å²) >= 11 is 1.53. The van der Waals surface area contributed by atoms with Gasteiger partial charge in [0.1, 0.15) is 22.7 Å². The van der Waals surface area contributed by atoms with Crippen LogP contribution >= 0.6 is 11.3 Å². The van der Waals surface area contributed by atoms with Crippen LogP contribution in [0.25, 0.3) is 10.7 Å². The van der Waals surface area contributed by atoms with E-state index < -0.39 is 6.17 Å². The molecule has 1 aliphatic rings. The number of hydrogen-bond acceptors (Lipinski definition) is 6. The SMILES string of the molecule is FC1CC(CNc2ccc(-c3nccs3)nn2)(c2ccccn2)C1. The van der Waals surface area contributed by atoms with Crippen molar-refractivity contribution in [2.45, 2.75) is 24.4 Å². The van der Waals surface area contributed by atoms with Crippen molar-refractivity contribution in [2.75, 3.05) is 11.9 Å². The largest absolute Gasteiger partial charge is 0.368 e. The summed E-state index contributed by atoms with van der Waals surface area (Å²) in [4.78, 5) is 8.64. The molecule has 0 aliphatic heterocycles. The number of alkyl halides is 1. The van der Waals surface area contributed by atoms with Crippen LogP contribution < -0.4 is 5.32 Å². The van der Waals surface area contributed by atoms with Gasteiger partial charge in [-0.2, -0.15) is 0 Å². The zero-order valence-electron chi connectivity index (χ0n) is 12.9. The van der Waals surface area contributed by atoms with Crippen LogP contribution in [0.1, 0.15) is 18.5 Å². The molecule has 3 aromatic rings. The first-order chi connectivity index (χ1) is 11.8. The second kappa shape index (κ2) is 6.24. The maximum absolute atomic E-state index is 13.5. The van der Waals surface area contributed by atoms with E-state index in [0.717, 1.165) is 16.4 Å². The molecule has 3 aromatic heterocycles. The molecule has 0 radical (unpaired) electrons. The van der Waals surface area contributed by atoms with Crippen molar-refractivity contribution in [3.63, 3.8) is 0 Å². The van der Waals surface area contributed by atoms with Crippen molar-refractivity contribution in [2.24, 2.45) is 0 Å². The predicted molar refractivity (Wildman–Crippen MR) is 91.7 cm³/mol. The van der Waals surface area contributed by atoms with Crippen molar-refractivity contribution in [3.05, 3.63) is 53.8 Å². The lowest BCUT2D eigenvalue weighted by molar-refractivity contribution is 0.0996. The summed E-state index contributed by atoms with van der Waals surface area (Å²) in [6.07, 6.45) is 3.72. The molecule has 1 saturated carbocycles. The van der Waals surface area contributed by atoms with Gasteiger partial charge in [0.2, 0.25) is 0 Å². The third-order valence-electron chi connectivity index (χ3n) is 4.36. The minimum Gasteiger partial charge on any atom is -0.368 e. The average Bonchev–Trinajstić information content (AvgIpc) is 3.13. The first-order valence-electron chi connectivity index (χ1n) is 7.78. The molecule has 4 rings (SSSR count). The van der Waals surface area contributed by atoms with Gasteiger partial charge in [-0.15, -0.1) is 21.5 Å². The first kappa shape index (κ1) is 15.1. The van der Waals surface area contributed by atoms with Crippen LogP contribution in [0.5, 0.6) is 0 Å². The molecule has 7 heteroatoms. The maximum Gasteiger partial charge on any atom is 0.148 e. The zero-order chi connectivity index (χ0) is 16.4. The van der Waals surface area contributed by atoms with Gasteiger partial charge in [0.05, 0.1) is 0 Å². The van der Waals surface area contributed by atoms with Crippen molar-refractivity contribution < 1.29 is 4.39 Å². The van der Waals surface area contributed by atoms with Gasteiger partial charge in [0.15, 0.2) is 0 Å². The van der Waals surface area contributed by atoms with Gasteiger partial charge in [-0.1, -0.05) is 6.07 Å². The normalized spacial score (nSPS) is 22.8. The smallest absolute Gasteiger partial charge is 0.148 e. The van der Waals surface area contributed by atoms with E-state index in [1.807, 2.05) is 35.7 Å². The third-order valence-corrected chi connectivity index (χ3v) is 5.15. The van der Waals surface area contributed by atoms with Crippen molar-refractivity contribution >= 4 is 17.2 Å². The Bertz CT molecular complexity index is 786. The number of aromatic nitrogens is 4. The first-order valence-corrected chi connectivity index (χ1v) is 8.66. The van der Waals surface area contributed by atoms with E-state index in [1.165, 1.54) is 11.3 Å². The molecule has 0 bridgehead atoms. The Morgan fingerprint density at radius 2 is 2.04 bits per heavy atom. The van der Waals surface area contributed by atoms with Crippen molar-refractivity contribution in [3.8, 4) is 10.7 Å². The Labute approximate surface area is 143 Å². The summed E-state index contributed by atoms with van der Waals surface area (Å²) in [7, 11) is 0. The van der Waals surface area contributed by atoms with E-state index in [-0.39, 0.29) is 5.41 Å². The molecular formula is C17H16FN5S. The molecule has 0 spiro atoms. The fourth-order valence-electron chi connectivity index (χ4n) is 3.06. The lowest BCUT2D eigenvalue weighted by atomic mass is 9.65. The Hall–Kier alpha value is -2.41. The highest BCUT2D eigenvalue weighted by atomic mass is 32.1. The summed E-state index contributed by atoms with van der Waals surface area (Å²) in [6, 6.07) is 9.55. The number of thiazole rings is 1. The van der Waals surface area contributed by atoms with Crippen LogP contribution in [0.15, 0.2) is 48.1 Å². The van der Waals surface area contributed by atoms with Gasteiger partial charge < -0.3 is 5.32 Å². The summed E-state index contributed by atoms with van der Waals surface area (Å²) in [5, 5.41) is 14.4. The van der Waals surface area contributed by atoms with Crippen LogP contribution in [0.2, 0.25) is 0 Å². The Morgan fingerprint density at radius 3 is 2.67 bits per heavy atom. The zero-order valence-corrected chi connectivity index (χ0v) is 13.7. The summed E-state index contributed by atoms with van der Waals surface area (Å²) in [5.41, 5.74) is 1.41. The van der Waals surface area contributed by atoms with E-state index in [9.17, 15) is 4.39 Å². The summed E-state index contributed by atoms with van der Waals surface area (Å²) < 4.78 is 13.5. The van der Waals surface area contributed by atoms with E-state index in [2.05, 4.69) is 25.5 Å². The van der Waals surface area contributed by atoms with E-state index in [0.29, 0.717) is 25.2 Å². The molecule has 0 aromatic carbocycles. The number of rotatable bonds is 5. The minimum absolute atomic E-state index is 0.268. The molecule has 1 fully saturated rings. The highest BCUT2D eigenvalue weighted by molar-refractivity contribution is 7.13. The topological polar surface area (TPSA) is 63.6 Å². The van der Waals surface area contributed by atoms with Crippen molar-refractivity contribution in [1.82, 2.24) is 20.2 Å². The number of nitrogens with one attached hydrogen (secondary N) is 1. The fraction of sp³-hybridized carbons (Fsp3) is 0.294. The van der Waals surface area contributed by atoms with Crippen molar-refractivity contribution in [1.29, 1.82) is 0 Å². The molecule has 3 heterocycles. The van der Waals surface area contributed by atoms with Gasteiger partial charge in [0, 0.05) is 35.4 Å². The van der Waals surface area contributed by atoms with Crippen LogP contribution in [0.4, 0.5) is 10.2 Å². The standard InChI is InChI=1S/C17H16FN5S/c18-12-9-17(10-12,14-3-1-2-6-19-14)11-21-15-5-4-13(22-23-15)16-20-7-8-24-16/h1-8,12H,9-11H2,(H,21,23). The number of pyridine rings is 1. The lowest BCUT2D eigenvalue weighted by Gasteiger charge is -2.43. The van der Waals surface area contributed by atoms with E-state index in [4.69, 9.17) is 0 Å². The molecule has 122 valence electrons. The second-order valence-corrected chi connectivity index (χ2v) is 6.89. The minimum atomic E-state index is -0.757. The van der Waals surface area contributed by atoms with Crippen LogP contribution in [0.3, 0.4) is 0 Å². The summed E-state index contributed by atoms with van der Waals surface area (Å²) in [5.74, 6) is 0.674. The molecule has 24 heavy (non-hydrogen) atoms. The Balaban J connectivity index is 1.47. The number of anilines is 1. The monoisotopic (exact) mass is 341 g/mol. The highest BCUT2D eigenvalue weighted by Gasteiger charge is 2.46. The maximum atomic E-state index is 13.5. The molecule has 0 atom stereocenters. The van der Waals surface area contributed by atoms with Gasteiger partial charge in [-0.05, 0) is 37.1 Å². The third kappa shape index (κ3) is 2.87. The van der Waals surface area contributed by atoms with Gasteiger partial charge in [-0.3, -0.25) is 4.98 Å². The van der Waals surface area contributed by atoms with Crippen LogP contribution in [-0.4, -0.2) is 32.9 Å². The lowest BCUT2D eigenvalue weighted by Crippen LogP contribution is -2.48. The molecule has 0 amide bonds. The Morgan fingerprint density at radius 1 is 1.12 bits per heavy atom. The number of hydrogen-bond donors (Lipinski definition) is 1. The Kier molecular flexibility index (Phi) is 3.93. The van der Waals surface area contributed by atoms with Crippen LogP contribution in [0, 0.1) is 0 Å². The highest BCUT2D eigenvalue weighted by Crippen LogP contribution is 2.44. The fourth-order valence-corrected chi connectivity index (χ4v) is 3.66. The number of halogens is 1. The van der Waals surface area contributed by atoms with E-state index >= 15 is 0 Å². The van der Waals surface area contributed by atoms with Crippen LogP contribution in [-0.2, 0) is 5.41 Å². The quantitative estimate of drug-likeness (QED) is 0.770. The average molecular weight is 341 g/mol. The summed E-state index contributed by atoms with van der Waals surface area (Å²) in [6.45, 7) is 0.593. The van der Waals surface area contributed by atoms with Gasteiger partial charge >= 0.3 is 0 Å².